The molecule has 0 N–H and O–H groups in total. The van der Waals surface area contributed by atoms with Crippen LogP contribution >= 0.6 is 0 Å². The van der Waals surface area contributed by atoms with Gasteiger partial charge in [-0.25, -0.2) is 0 Å². The van der Waals surface area contributed by atoms with Gasteiger partial charge in [-0.1, -0.05) is 39.8 Å². The average Bonchev–Trinajstić information content (AvgIpc) is 2.71. The summed E-state index contributed by atoms with van der Waals surface area (Å²) < 4.78 is 6.16. The maximum Gasteiger partial charge on any atom is 0.0646 e. The molecule has 17 heavy (non-hydrogen) atoms. The zero-order valence-corrected chi connectivity index (χ0v) is 11.7. The van der Waals surface area contributed by atoms with Crippen molar-refractivity contribution in [1.29, 1.82) is 0 Å². The van der Waals surface area contributed by atoms with Crippen molar-refractivity contribution >= 4 is 0 Å². The molecule has 1 heteroatoms. The topological polar surface area (TPSA) is 9.23 Å². The molecule has 0 aromatic rings. The van der Waals surface area contributed by atoms with Crippen LogP contribution in [-0.4, -0.2) is 12.7 Å². The van der Waals surface area contributed by atoms with Gasteiger partial charge in [-0.15, -0.1) is 0 Å². The van der Waals surface area contributed by atoms with Crippen LogP contribution in [0.25, 0.3) is 0 Å². The van der Waals surface area contributed by atoms with Crippen molar-refractivity contribution < 1.29 is 4.74 Å². The summed E-state index contributed by atoms with van der Waals surface area (Å²) in [6, 6.07) is 0. The van der Waals surface area contributed by atoms with Gasteiger partial charge in [0.1, 0.15) is 0 Å². The predicted octanol–water partition coefficient (Wildman–Crippen LogP) is 3.90. The molecule has 3 aliphatic rings. The molecule has 2 saturated carbocycles. The molecule has 3 fully saturated rings. The first-order valence-corrected chi connectivity index (χ1v) is 7.23. The highest BCUT2D eigenvalue weighted by atomic mass is 16.5. The number of rotatable bonds is 2. The van der Waals surface area contributed by atoms with E-state index in [9.17, 15) is 0 Å². The minimum atomic E-state index is 0.452. The summed E-state index contributed by atoms with van der Waals surface area (Å²) in [6.07, 6.45) is 2.99. The van der Waals surface area contributed by atoms with E-state index >= 15 is 0 Å². The van der Waals surface area contributed by atoms with Crippen molar-refractivity contribution in [3.8, 4) is 0 Å². The molecule has 0 radical (unpaired) electrons. The Morgan fingerprint density at radius 1 is 1.41 bits per heavy atom. The van der Waals surface area contributed by atoms with E-state index in [1.165, 1.54) is 18.4 Å². The predicted molar refractivity (Wildman–Crippen MR) is 70.7 cm³/mol. The van der Waals surface area contributed by atoms with E-state index in [1.807, 2.05) is 0 Å². The van der Waals surface area contributed by atoms with E-state index in [1.54, 1.807) is 0 Å². The largest absolute Gasteiger partial charge is 0.377 e. The molecule has 2 aliphatic carbocycles. The van der Waals surface area contributed by atoms with Crippen molar-refractivity contribution in [3.05, 3.63) is 12.2 Å². The van der Waals surface area contributed by atoms with Crippen molar-refractivity contribution in [2.24, 2.45) is 35.0 Å². The first-order chi connectivity index (χ1) is 7.93. The molecule has 1 saturated heterocycles. The van der Waals surface area contributed by atoms with E-state index in [4.69, 9.17) is 4.74 Å². The standard InChI is InChI=1S/C16H26O/c1-9(2)6-13-14-10(3)11(8-17-13)7-12-15(14)16(12,4)5/h9,11-15H,3,6-8H2,1-2,4-5H3/t11-,12-,13+,14-,15-/m0/s1. The number of fused-ring (bicyclic) bond motifs is 4. The molecule has 0 aromatic heterocycles. The fourth-order valence-electron chi connectivity index (χ4n) is 4.58. The van der Waals surface area contributed by atoms with Crippen LogP contribution in [0.2, 0.25) is 0 Å². The van der Waals surface area contributed by atoms with Crippen molar-refractivity contribution in [1.82, 2.24) is 0 Å². The van der Waals surface area contributed by atoms with Crippen LogP contribution in [0.15, 0.2) is 12.2 Å². The summed E-state index contributed by atoms with van der Waals surface area (Å²) in [5, 5.41) is 0. The fourth-order valence-corrected chi connectivity index (χ4v) is 4.58. The highest BCUT2D eigenvalue weighted by molar-refractivity contribution is 5.26. The average molecular weight is 234 g/mol. The summed E-state index contributed by atoms with van der Waals surface area (Å²) in [7, 11) is 0. The number of ether oxygens (including phenoxy) is 1. The van der Waals surface area contributed by atoms with Crippen LogP contribution in [0, 0.1) is 35.0 Å². The van der Waals surface area contributed by atoms with E-state index < -0.39 is 0 Å². The smallest absolute Gasteiger partial charge is 0.0646 e. The summed E-state index contributed by atoms with van der Waals surface area (Å²) in [5.74, 6) is 3.85. The first-order valence-electron chi connectivity index (χ1n) is 7.23. The first kappa shape index (κ1) is 11.8. The second kappa shape index (κ2) is 3.60. The van der Waals surface area contributed by atoms with Gasteiger partial charge in [-0.05, 0) is 36.0 Å². The summed E-state index contributed by atoms with van der Waals surface area (Å²) in [5.41, 5.74) is 2.07. The maximum absolute atomic E-state index is 6.16. The Labute approximate surface area is 106 Å². The highest BCUT2D eigenvalue weighted by Gasteiger charge is 2.66. The molecule has 3 rings (SSSR count). The SMILES string of the molecule is C=C1[C@@H]2CO[C@H](CC(C)C)[C@H]1[C@@H]1[C@H](C2)C1(C)C. The van der Waals surface area contributed by atoms with E-state index in [2.05, 4.69) is 34.3 Å². The van der Waals surface area contributed by atoms with Crippen LogP contribution in [0.1, 0.15) is 40.5 Å². The normalized spacial score (nSPS) is 46.9. The van der Waals surface area contributed by atoms with Gasteiger partial charge < -0.3 is 4.74 Å². The third-order valence-electron chi connectivity index (χ3n) is 5.63. The van der Waals surface area contributed by atoms with Gasteiger partial charge in [0.15, 0.2) is 0 Å². The molecule has 1 aliphatic heterocycles. The lowest BCUT2D eigenvalue weighted by atomic mass is 9.71. The molecule has 0 aromatic carbocycles. The summed E-state index contributed by atoms with van der Waals surface area (Å²) in [4.78, 5) is 0. The van der Waals surface area contributed by atoms with Gasteiger partial charge in [0.05, 0.1) is 12.7 Å². The molecule has 1 heterocycles. The number of hydrogen-bond donors (Lipinski definition) is 0. The minimum absolute atomic E-state index is 0.452. The molecule has 0 spiro atoms. The lowest BCUT2D eigenvalue weighted by molar-refractivity contribution is -0.0561. The molecule has 96 valence electrons. The minimum Gasteiger partial charge on any atom is -0.377 e. The zero-order valence-electron chi connectivity index (χ0n) is 11.7. The Balaban J connectivity index is 1.85. The van der Waals surface area contributed by atoms with Gasteiger partial charge in [-0.2, -0.15) is 0 Å². The lowest BCUT2D eigenvalue weighted by Crippen LogP contribution is -2.41. The third kappa shape index (κ3) is 1.62. The van der Waals surface area contributed by atoms with Gasteiger partial charge in [0, 0.05) is 11.8 Å². The van der Waals surface area contributed by atoms with Crippen molar-refractivity contribution in [3.63, 3.8) is 0 Å². The van der Waals surface area contributed by atoms with Gasteiger partial charge >= 0.3 is 0 Å². The molecule has 0 unspecified atom stereocenters. The fraction of sp³-hybridized carbons (Fsp3) is 0.875. The van der Waals surface area contributed by atoms with Crippen molar-refractivity contribution in [2.75, 3.05) is 6.61 Å². The van der Waals surface area contributed by atoms with Crippen LogP contribution in [0.3, 0.4) is 0 Å². The lowest BCUT2D eigenvalue weighted by Gasteiger charge is -2.42. The Morgan fingerprint density at radius 3 is 2.76 bits per heavy atom. The quantitative estimate of drug-likeness (QED) is 0.659. The van der Waals surface area contributed by atoms with E-state index in [0.717, 1.165) is 24.4 Å². The summed E-state index contributed by atoms with van der Waals surface area (Å²) >= 11 is 0. The Morgan fingerprint density at radius 2 is 2.12 bits per heavy atom. The van der Waals surface area contributed by atoms with E-state index in [0.29, 0.717) is 23.4 Å². The zero-order chi connectivity index (χ0) is 12.4. The van der Waals surface area contributed by atoms with E-state index in [-0.39, 0.29) is 0 Å². The molecular formula is C16H26O. The molecular weight excluding hydrogens is 208 g/mol. The molecule has 2 bridgehead atoms. The van der Waals surface area contributed by atoms with Gasteiger partial charge in [0.25, 0.3) is 0 Å². The number of hydrogen-bond acceptors (Lipinski definition) is 1. The third-order valence-corrected chi connectivity index (χ3v) is 5.63. The van der Waals surface area contributed by atoms with Crippen molar-refractivity contribution in [2.45, 2.75) is 46.6 Å². The second-order valence-electron chi connectivity index (χ2n) is 7.49. The Hall–Kier alpha value is -0.300. The van der Waals surface area contributed by atoms with Crippen LogP contribution in [-0.2, 0) is 4.74 Å². The van der Waals surface area contributed by atoms with Crippen LogP contribution in [0.5, 0.6) is 0 Å². The maximum atomic E-state index is 6.16. The molecule has 5 atom stereocenters. The molecule has 0 amide bonds. The second-order valence-corrected chi connectivity index (χ2v) is 7.49. The van der Waals surface area contributed by atoms with Crippen LogP contribution in [0.4, 0.5) is 0 Å². The monoisotopic (exact) mass is 234 g/mol. The van der Waals surface area contributed by atoms with Gasteiger partial charge in [-0.3, -0.25) is 0 Å². The Kier molecular flexibility index (Phi) is 2.49. The molecule has 1 nitrogen and oxygen atoms in total. The summed E-state index contributed by atoms with van der Waals surface area (Å²) in [6.45, 7) is 14.9. The highest BCUT2D eigenvalue weighted by Crippen LogP contribution is 2.70. The van der Waals surface area contributed by atoms with Gasteiger partial charge in [0.2, 0.25) is 0 Å². The Bertz CT molecular complexity index is 341. The van der Waals surface area contributed by atoms with Crippen LogP contribution < -0.4 is 0 Å².